The number of hydrogen-bond donors (Lipinski definition) is 2. The molecule has 3 N–H and O–H groups in total. The Morgan fingerprint density at radius 1 is 1.00 bits per heavy atom. The minimum absolute atomic E-state index is 0.838. The van der Waals surface area contributed by atoms with Gasteiger partial charge in [0.25, 0.3) is 0 Å². The van der Waals surface area contributed by atoms with E-state index in [9.17, 15) is 0 Å². The van der Waals surface area contributed by atoms with E-state index in [2.05, 4.69) is 24.3 Å². The van der Waals surface area contributed by atoms with E-state index >= 15 is 0 Å². The molecular weight excluding hydrogens is 266 g/mol. The summed E-state index contributed by atoms with van der Waals surface area (Å²) in [6, 6.07) is 14.8. The molecule has 0 radical (unpaired) electrons. The Bertz CT molecular complexity index is 569. The summed E-state index contributed by atoms with van der Waals surface area (Å²) in [5.41, 5.74) is 9.76. The van der Waals surface area contributed by atoms with Crippen molar-refractivity contribution >= 4 is 17.4 Å². The summed E-state index contributed by atoms with van der Waals surface area (Å²) in [6.07, 6.45) is 5.11. The fraction of sp³-hybridized carbons (Fsp3) is 0.294. The first-order valence-corrected chi connectivity index (χ1v) is 7.73. The van der Waals surface area contributed by atoms with E-state index in [1.807, 2.05) is 30.0 Å². The Morgan fingerprint density at radius 3 is 2.55 bits per heavy atom. The van der Waals surface area contributed by atoms with Crippen LogP contribution in [-0.2, 0) is 12.8 Å². The molecule has 0 heterocycles. The number of aliphatic hydroxyl groups is 1. The largest absolute Gasteiger partial charge is 0.400 e. The molecule has 2 aromatic carbocycles. The van der Waals surface area contributed by atoms with Crippen molar-refractivity contribution in [2.45, 2.75) is 35.5 Å². The van der Waals surface area contributed by atoms with E-state index in [1.54, 1.807) is 5.56 Å². The number of rotatable bonds is 2. The summed E-state index contributed by atoms with van der Waals surface area (Å²) >= 11 is 1.84. The number of aryl methyl sites for hydroxylation is 1. The van der Waals surface area contributed by atoms with E-state index in [-0.39, 0.29) is 0 Å². The molecule has 2 aromatic rings. The zero-order valence-electron chi connectivity index (χ0n) is 11.8. The monoisotopic (exact) mass is 287 g/mol. The maximum absolute atomic E-state index is 7.00. The Kier molecular flexibility index (Phi) is 5.50. The summed E-state index contributed by atoms with van der Waals surface area (Å²) in [6.45, 7) is 0. The predicted molar refractivity (Wildman–Crippen MR) is 86.2 cm³/mol. The number of fused-ring (bicyclic) bond motifs is 1. The lowest BCUT2D eigenvalue weighted by atomic mass is 9.92. The van der Waals surface area contributed by atoms with Crippen molar-refractivity contribution in [3.63, 3.8) is 0 Å². The van der Waals surface area contributed by atoms with Gasteiger partial charge in [0, 0.05) is 22.6 Å². The number of anilines is 1. The molecule has 0 bridgehead atoms. The van der Waals surface area contributed by atoms with Crippen molar-refractivity contribution < 1.29 is 5.11 Å². The van der Waals surface area contributed by atoms with Crippen LogP contribution in [0.5, 0.6) is 0 Å². The Hall–Kier alpha value is -1.45. The van der Waals surface area contributed by atoms with Gasteiger partial charge in [-0.3, -0.25) is 0 Å². The van der Waals surface area contributed by atoms with Gasteiger partial charge in [0.2, 0.25) is 0 Å². The standard InChI is InChI=1S/C16H17NS.CH4O/c17-13-7-4-8-14(11-13)18-16-10-3-6-12-5-1-2-9-15(12)16;1-2/h3-4,6-8,10-11H,1-2,5,9,17H2;2H,1H3. The molecule has 0 fully saturated rings. The minimum Gasteiger partial charge on any atom is -0.400 e. The second-order valence-electron chi connectivity index (χ2n) is 4.78. The predicted octanol–water partition coefficient (Wildman–Crippen LogP) is 3.91. The van der Waals surface area contributed by atoms with E-state index in [0.29, 0.717) is 0 Å². The Labute approximate surface area is 125 Å². The van der Waals surface area contributed by atoms with Gasteiger partial charge in [-0.05, 0) is 61.1 Å². The van der Waals surface area contributed by atoms with Crippen LogP contribution in [0.15, 0.2) is 52.3 Å². The highest BCUT2D eigenvalue weighted by Crippen LogP contribution is 2.35. The van der Waals surface area contributed by atoms with Gasteiger partial charge in [-0.25, -0.2) is 0 Å². The van der Waals surface area contributed by atoms with Crippen LogP contribution in [0.2, 0.25) is 0 Å². The van der Waals surface area contributed by atoms with Gasteiger partial charge in [0.15, 0.2) is 0 Å². The lowest BCUT2D eigenvalue weighted by molar-refractivity contribution is 0.399. The Morgan fingerprint density at radius 2 is 1.75 bits per heavy atom. The molecule has 0 amide bonds. The highest BCUT2D eigenvalue weighted by molar-refractivity contribution is 7.99. The summed E-state index contributed by atoms with van der Waals surface area (Å²) in [5, 5.41) is 7.00. The molecule has 1 aliphatic rings. The molecule has 0 aliphatic heterocycles. The lowest BCUT2D eigenvalue weighted by Crippen LogP contribution is -2.03. The highest BCUT2D eigenvalue weighted by Gasteiger charge is 2.13. The maximum Gasteiger partial charge on any atom is 0.0325 e. The third-order valence-corrected chi connectivity index (χ3v) is 4.53. The van der Waals surface area contributed by atoms with Crippen molar-refractivity contribution in [2.24, 2.45) is 0 Å². The zero-order chi connectivity index (χ0) is 14.4. The van der Waals surface area contributed by atoms with Crippen LogP contribution in [-0.4, -0.2) is 12.2 Å². The molecule has 20 heavy (non-hydrogen) atoms. The molecule has 0 aromatic heterocycles. The average molecular weight is 287 g/mol. The van der Waals surface area contributed by atoms with Crippen LogP contribution in [0.4, 0.5) is 5.69 Å². The van der Waals surface area contributed by atoms with Gasteiger partial charge in [-0.2, -0.15) is 0 Å². The third kappa shape index (κ3) is 3.56. The van der Waals surface area contributed by atoms with Crippen LogP contribution < -0.4 is 5.73 Å². The highest BCUT2D eigenvalue weighted by atomic mass is 32.2. The molecule has 0 atom stereocenters. The van der Waals surface area contributed by atoms with Crippen molar-refractivity contribution in [1.29, 1.82) is 0 Å². The first kappa shape index (κ1) is 14.9. The smallest absolute Gasteiger partial charge is 0.0325 e. The summed E-state index contributed by atoms with van der Waals surface area (Å²) in [7, 11) is 1.00. The number of aliphatic hydroxyl groups excluding tert-OH is 1. The molecular formula is C17H21NOS. The molecule has 3 heteroatoms. The summed E-state index contributed by atoms with van der Waals surface area (Å²) < 4.78 is 0. The van der Waals surface area contributed by atoms with Crippen LogP contribution in [0.25, 0.3) is 0 Å². The molecule has 2 nitrogen and oxygen atoms in total. The number of hydrogen-bond acceptors (Lipinski definition) is 3. The molecule has 0 unspecified atom stereocenters. The minimum atomic E-state index is 0.838. The van der Waals surface area contributed by atoms with Gasteiger partial charge in [0.1, 0.15) is 0 Å². The van der Waals surface area contributed by atoms with Crippen LogP contribution in [0.1, 0.15) is 24.0 Å². The lowest BCUT2D eigenvalue weighted by Gasteiger charge is -2.18. The first-order valence-electron chi connectivity index (χ1n) is 6.92. The molecule has 0 saturated carbocycles. The second kappa shape index (κ2) is 7.36. The maximum atomic E-state index is 7.00. The first-order chi connectivity index (χ1) is 9.83. The SMILES string of the molecule is CO.Nc1cccc(Sc2cccc3c2CCCC3)c1. The quantitative estimate of drug-likeness (QED) is 0.823. The van der Waals surface area contributed by atoms with Crippen molar-refractivity contribution in [3.8, 4) is 0 Å². The summed E-state index contributed by atoms with van der Waals surface area (Å²) in [4.78, 5) is 2.63. The number of benzene rings is 2. The van der Waals surface area contributed by atoms with Crippen LogP contribution in [0.3, 0.4) is 0 Å². The van der Waals surface area contributed by atoms with Crippen LogP contribution >= 0.6 is 11.8 Å². The molecule has 0 saturated heterocycles. The molecule has 1 aliphatic carbocycles. The van der Waals surface area contributed by atoms with Crippen LogP contribution in [0, 0.1) is 0 Å². The van der Waals surface area contributed by atoms with E-state index in [1.165, 1.54) is 41.0 Å². The topological polar surface area (TPSA) is 46.2 Å². The number of nitrogen functional groups attached to an aromatic ring is 1. The third-order valence-electron chi connectivity index (χ3n) is 3.44. The van der Waals surface area contributed by atoms with Gasteiger partial charge < -0.3 is 10.8 Å². The Balaban J connectivity index is 0.000000704. The van der Waals surface area contributed by atoms with Gasteiger partial charge in [-0.15, -0.1) is 0 Å². The van der Waals surface area contributed by atoms with Gasteiger partial charge in [-0.1, -0.05) is 30.0 Å². The fourth-order valence-corrected chi connectivity index (χ4v) is 3.65. The molecule has 0 spiro atoms. The van der Waals surface area contributed by atoms with Crippen molar-refractivity contribution in [1.82, 2.24) is 0 Å². The fourth-order valence-electron chi connectivity index (χ4n) is 2.55. The van der Waals surface area contributed by atoms with E-state index in [4.69, 9.17) is 10.8 Å². The van der Waals surface area contributed by atoms with Crippen molar-refractivity contribution in [2.75, 3.05) is 12.8 Å². The van der Waals surface area contributed by atoms with Gasteiger partial charge >= 0.3 is 0 Å². The molecule has 3 rings (SSSR count). The number of nitrogens with two attached hydrogens (primary N) is 1. The summed E-state index contributed by atoms with van der Waals surface area (Å²) in [5.74, 6) is 0. The van der Waals surface area contributed by atoms with Gasteiger partial charge in [0.05, 0.1) is 0 Å². The molecule has 106 valence electrons. The zero-order valence-corrected chi connectivity index (χ0v) is 12.6. The van der Waals surface area contributed by atoms with Crippen molar-refractivity contribution in [3.05, 3.63) is 53.6 Å². The van der Waals surface area contributed by atoms with E-state index in [0.717, 1.165) is 12.8 Å². The van der Waals surface area contributed by atoms with E-state index < -0.39 is 0 Å². The normalized spacial score (nSPS) is 13.1. The second-order valence-corrected chi connectivity index (χ2v) is 5.89. The average Bonchev–Trinajstić information content (AvgIpc) is 2.50.